The fourth-order valence-electron chi connectivity index (χ4n) is 3.03. The molecule has 1 aliphatic heterocycles. The molecule has 102 valence electrons. The number of aryl methyl sites for hydroxylation is 1. The molecular formula is C14H26N4. The predicted molar refractivity (Wildman–Crippen MR) is 74.3 cm³/mol. The molecule has 0 radical (unpaired) electrons. The smallest absolute Gasteiger partial charge is 0.0643 e. The van der Waals surface area contributed by atoms with Crippen molar-refractivity contribution in [2.75, 3.05) is 6.54 Å². The Balaban J connectivity index is 2.06. The molecule has 1 fully saturated rings. The van der Waals surface area contributed by atoms with Crippen LogP contribution >= 0.6 is 0 Å². The number of rotatable bonds is 4. The van der Waals surface area contributed by atoms with Crippen LogP contribution in [0.3, 0.4) is 0 Å². The molecule has 1 atom stereocenters. The first-order chi connectivity index (χ1) is 8.61. The van der Waals surface area contributed by atoms with E-state index in [0.29, 0.717) is 18.6 Å². The summed E-state index contributed by atoms with van der Waals surface area (Å²) in [4.78, 5) is 2.63. The van der Waals surface area contributed by atoms with Gasteiger partial charge in [-0.15, -0.1) is 0 Å². The summed E-state index contributed by atoms with van der Waals surface area (Å²) in [7, 11) is 1.98. The van der Waals surface area contributed by atoms with E-state index in [9.17, 15) is 0 Å². The maximum absolute atomic E-state index is 5.70. The molecule has 1 aliphatic rings. The van der Waals surface area contributed by atoms with Gasteiger partial charge in [0.1, 0.15) is 0 Å². The number of nitrogens with two attached hydrogens (primary N) is 1. The molecule has 4 nitrogen and oxygen atoms in total. The van der Waals surface area contributed by atoms with E-state index in [1.165, 1.54) is 31.5 Å². The van der Waals surface area contributed by atoms with Crippen LogP contribution in [0.2, 0.25) is 0 Å². The maximum atomic E-state index is 5.70. The zero-order valence-corrected chi connectivity index (χ0v) is 11.9. The number of likely N-dealkylation sites (tertiary alicyclic amines) is 1. The highest BCUT2D eigenvalue weighted by Crippen LogP contribution is 2.22. The van der Waals surface area contributed by atoms with Crippen molar-refractivity contribution in [1.82, 2.24) is 14.7 Å². The normalized spacial score (nSPS) is 21.7. The molecule has 0 aliphatic carbocycles. The molecule has 0 amide bonds. The molecule has 0 aromatic carbocycles. The Bertz CT molecular complexity index is 383. The van der Waals surface area contributed by atoms with Crippen LogP contribution in [0.4, 0.5) is 0 Å². The van der Waals surface area contributed by atoms with Crippen LogP contribution in [0, 0.1) is 0 Å². The van der Waals surface area contributed by atoms with Crippen LogP contribution < -0.4 is 5.73 Å². The Kier molecular flexibility index (Phi) is 4.40. The minimum absolute atomic E-state index is 0.571. The highest BCUT2D eigenvalue weighted by atomic mass is 15.3. The van der Waals surface area contributed by atoms with Gasteiger partial charge in [0.15, 0.2) is 0 Å². The molecule has 0 bridgehead atoms. The lowest BCUT2D eigenvalue weighted by atomic mass is 9.96. The van der Waals surface area contributed by atoms with E-state index in [4.69, 9.17) is 5.73 Å². The summed E-state index contributed by atoms with van der Waals surface area (Å²) in [6, 6.07) is 3.44. The Morgan fingerprint density at radius 2 is 2.22 bits per heavy atom. The SMILES string of the molecule is CC(C)N1CCCCC1Cc1cc(CN)n(C)n1. The Morgan fingerprint density at radius 3 is 2.83 bits per heavy atom. The van der Waals surface area contributed by atoms with Gasteiger partial charge in [0, 0.05) is 32.1 Å². The van der Waals surface area contributed by atoms with E-state index in [1.54, 1.807) is 0 Å². The molecule has 18 heavy (non-hydrogen) atoms. The third-order valence-corrected chi connectivity index (χ3v) is 4.02. The van der Waals surface area contributed by atoms with Crippen LogP contribution in [-0.2, 0) is 20.0 Å². The van der Waals surface area contributed by atoms with Crippen molar-refractivity contribution in [3.63, 3.8) is 0 Å². The lowest BCUT2D eigenvalue weighted by Crippen LogP contribution is -2.45. The van der Waals surface area contributed by atoms with Gasteiger partial charge in [0.05, 0.1) is 11.4 Å². The number of hydrogen-bond acceptors (Lipinski definition) is 3. The van der Waals surface area contributed by atoms with Crippen molar-refractivity contribution in [3.8, 4) is 0 Å². The summed E-state index contributed by atoms with van der Waals surface area (Å²) in [5.74, 6) is 0. The second-order valence-electron chi connectivity index (χ2n) is 5.64. The minimum atomic E-state index is 0.571. The maximum Gasteiger partial charge on any atom is 0.0643 e. The molecule has 1 aromatic rings. The van der Waals surface area contributed by atoms with Crippen molar-refractivity contribution in [2.45, 2.75) is 58.2 Å². The highest BCUT2D eigenvalue weighted by Gasteiger charge is 2.25. The fourth-order valence-corrected chi connectivity index (χ4v) is 3.03. The Morgan fingerprint density at radius 1 is 1.44 bits per heavy atom. The molecule has 2 N–H and O–H groups in total. The van der Waals surface area contributed by atoms with Gasteiger partial charge < -0.3 is 5.73 Å². The van der Waals surface area contributed by atoms with E-state index >= 15 is 0 Å². The van der Waals surface area contributed by atoms with Crippen molar-refractivity contribution >= 4 is 0 Å². The molecule has 1 saturated heterocycles. The summed E-state index contributed by atoms with van der Waals surface area (Å²) in [5.41, 5.74) is 8.01. The van der Waals surface area contributed by atoms with Gasteiger partial charge in [-0.25, -0.2) is 0 Å². The zero-order chi connectivity index (χ0) is 13.1. The minimum Gasteiger partial charge on any atom is -0.325 e. The van der Waals surface area contributed by atoms with Crippen molar-refractivity contribution in [1.29, 1.82) is 0 Å². The molecule has 0 spiro atoms. The molecule has 1 unspecified atom stereocenters. The van der Waals surface area contributed by atoms with Crippen LogP contribution in [-0.4, -0.2) is 33.3 Å². The number of piperidine rings is 1. The molecule has 1 aromatic heterocycles. The third kappa shape index (κ3) is 2.93. The fraction of sp³-hybridized carbons (Fsp3) is 0.786. The lowest BCUT2D eigenvalue weighted by molar-refractivity contribution is 0.111. The summed E-state index contributed by atoms with van der Waals surface area (Å²) in [6.45, 7) is 6.39. The Labute approximate surface area is 110 Å². The second kappa shape index (κ2) is 5.85. The molecule has 4 heteroatoms. The van der Waals surface area contributed by atoms with E-state index in [2.05, 4.69) is 29.9 Å². The van der Waals surface area contributed by atoms with E-state index in [1.807, 2.05) is 11.7 Å². The van der Waals surface area contributed by atoms with E-state index in [0.717, 1.165) is 12.1 Å². The van der Waals surface area contributed by atoms with Crippen molar-refractivity contribution < 1.29 is 0 Å². The summed E-state index contributed by atoms with van der Waals surface area (Å²) in [5, 5.41) is 4.58. The van der Waals surface area contributed by atoms with Crippen LogP contribution in [0.1, 0.15) is 44.5 Å². The highest BCUT2D eigenvalue weighted by molar-refractivity contribution is 5.11. The van der Waals surface area contributed by atoms with Gasteiger partial charge in [-0.05, 0) is 39.3 Å². The van der Waals surface area contributed by atoms with Crippen LogP contribution in [0.25, 0.3) is 0 Å². The summed E-state index contributed by atoms with van der Waals surface area (Å²) < 4.78 is 1.91. The number of hydrogen-bond donors (Lipinski definition) is 1. The van der Waals surface area contributed by atoms with E-state index < -0.39 is 0 Å². The molecular weight excluding hydrogens is 224 g/mol. The third-order valence-electron chi connectivity index (χ3n) is 4.02. The average Bonchev–Trinajstić information content (AvgIpc) is 2.70. The lowest BCUT2D eigenvalue weighted by Gasteiger charge is -2.38. The van der Waals surface area contributed by atoms with Gasteiger partial charge >= 0.3 is 0 Å². The summed E-state index contributed by atoms with van der Waals surface area (Å²) >= 11 is 0. The zero-order valence-electron chi connectivity index (χ0n) is 11.9. The largest absolute Gasteiger partial charge is 0.325 e. The first kappa shape index (κ1) is 13.6. The standard InChI is InChI=1S/C14H26N4/c1-11(2)18-7-5-4-6-13(18)8-12-9-14(10-15)17(3)16-12/h9,11,13H,4-8,10,15H2,1-3H3. The number of nitrogens with zero attached hydrogens (tertiary/aromatic N) is 3. The van der Waals surface area contributed by atoms with E-state index in [-0.39, 0.29) is 0 Å². The average molecular weight is 250 g/mol. The first-order valence-electron chi connectivity index (χ1n) is 7.09. The molecule has 2 rings (SSSR count). The quantitative estimate of drug-likeness (QED) is 0.884. The predicted octanol–water partition coefficient (Wildman–Crippen LogP) is 1.68. The van der Waals surface area contributed by atoms with Crippen molar-refractivity contribution in [3.05, 3.63) is 17.5 Å². The number of aromatic nitrogens is 2. The molecule has 0 saturated carbocycles. The van der Waals surface area contributed by atoms with Crippen molar-refractivity contribution in [2.24, 2.45) is 12.8 Å². The van der Waals surface area contributed by atoms with Gasteiger partial charge in [0.2, 0.25) is 0 Å². The second-order valence-corrected chi connectivity index (χ2v) is 5.64. The van der Waals surface area contributed by atoms with Gasteiger partial charge in [0.25, 0.3) is 0 Å². The summed E-state index contributed by atoms with van der Waals surface area (Å²) in [6.07, 6.45) is 5.05. The van der Waals surface area contributed by atoms with Gasteiger partial charge in [-0.3, -0.25) is 9.58 Å². The molecule has 2 heterocycles. The monoisotopic (exact) mass is 250 g/mol. The first-order valence-corrected chi connectivity index (χ1v) is 7.09. The van der Waals surface area contributed by atoms with Gasteiger partial charge in [-0.2, -0.15) is 5.10 Å². The Hall–Kier alpha value is -0.870. The topological polar surface area (TPSA) is 47.1 Å². The van der Waals surface area contributed by atoms with Crippen LogP contribution in [0.5, 0.6) is 0 Å². The van der Waals surface area contributed by atoms with Gasteiger partial charge in [-0.1, -0.05) is 6.42 Å². The van der Waals surface area contributed by atoms with Crippen LogP contribution in [0.15, 0.2) is 6.07 Å².